The topological polar surface area (TPSA) is 78.4 Å². The molecule has 0 spiro atoms. The number of rotatable bonds is 6. The van der Waals surface area contributed by atoms with E-state index in [0.717, 1.165) is 0 Å². The molecule has 0 bridgehead atoms. The number of halogens is 2. The highest BCUT2D eigenvalue weighted by Crippen LogP contribution is 2.24. The van der Waals surface area contributed by atoms with Crippen LogP contribution >= 0.6 is 11.6 Å². The van der Waals surface area contributed by atoms with Crippen molar-refractivity contribution in [2.75, 3.05) is 11.9 Å². The van der Waals surface area contributed by atoms with Gasteiger partial charge in [-0.1, -0.05) is 31.0 Å². The Morgan fingerprint density at radius 2 is 2.15 bits per heavy atom. The Morgan fingerprint density at radius 1 is 1.45 bits per heavy atom. The Bertz CT molecular complexity index is 476. The van der Waals surface area contributed by atoms with Crippen LogP contribution in [-0.2, 0) is 4.79 Å². The predicted octanol–water partition coefficient (Wildman–Crippen LogP) is 3.10. The van der Waals surface area contributed by atoms with Gasteiger partial charge in [0.05, 0.1) is 10.7 Å². The molecule has 20 heavy (non-hydrogen) atoms. The van der Waals surface area contributed by atoms with Crippen molar-refractivity contribution in [2.24, 2.45) is 5.92 Å². The van der Waals surface area contributed by atoms with Crippen LogP contribution in [0, 0.1) is 11.7 Å². The first-order valence-electron chi connectivity index (χ1n) is 6.14. The SMILES string of the molecule is CCC(CNC(=O)Nc1c(F)cccc1Cl)CC(=O)O. The molecule has 0 radical (unpaired) electrons. The van der Waals surface area contributed by atoms with E-state index in [0.29, 0.717) is 6.42 Å². The lowest BCUT2D eigenvalue weighted by atomic mass is 10.0. The molecule has 1 aromatic rings. The highest BCUT2D eigenvalue weighted by Gasteiger charge is 2.14. The quantitative estimate of drug-likeness (QED) is 0.755. The second kappa shape index (κ2) is 7.69. The van der Waals surface area contributed by atoms with Gasteiger partial charge in [-0.3, -0.25) is 4.79 Å². The summed E-state index contributed by atoms with van der Waals surface area (Å²) in [6, 6.07) is 3.45. The summed E-state index contributed by atoms with van der Waals surface area (Å²) >= 11 is 5.77. The molecular formula is C13H16ClFN2O3. The van der Waals surface area contributed by atoms with Gasteiger partial charge in [0.25, 0.3) is 0 Å². The molecule has 0 fully saturated rings. The molecule has 0 aliphatic heterocycles. The van der Waals surface area contributed by atoms with Crippen molar-refractivity contribution >= 4 is 29.3 Å². The van der Waals surface area contributed by atoms with E-state index in [1.165, 1.54) is 18.2 Å². The zero-order valence-electron chi connectivity index (χ0n) is 11.0. The molecule has 2 amide bonds. The number of hydrogen-bond acceptors (Lipinski definition) is 2. The lowest BCUT2D eigenvalue weighted by Gasteiger charge is -2.14. The van der Waals surface area contributed by atoms with Crippen LogP contribution in [-0.4, -0.2) is 23.7 Å². The maximum absolute atomic E-state index is 13.4. The zero-order chi connectivity index (χ0) is 15.1. The molecule has 0 aliphatic carbocycles. The summed E-state index contributed by atoms with van der Waals surface area (Å²) in [4.78, 5) is 22.2. The second-order valence-corrected chi connectivity index (χ2v) is 4.71. The van der Waals surface area contributed by atoms with Gasteiger partial charge in [0, 0.05) is 13.0 Å². The van der Waals surface area contributed by atoms with Gasteiger partial charge in [-0.05, 0) is 18.1 Å². The minimum Gasteiger partial charge on any atom is -0.481 e. The van der Waals surface area contributed by atoms with Crippen LogP contribution in [0.2, 0.25) is 5.02 Å². The summed E-state index contributed by atoms with van der Waals surface area (Å²) in [5.74, 6) is -1.73. The van der Waals surface area contributed by atoms with E-state index in [2.05, 4.69) is 10.6 Å². The number of aliphatic carboxylic acids is 1. The molecule has 3 N–H and O–H groups in total. The smallest absolute Gasteiger partial charge is 0.319 e. The van der Waals surface area contributed by atoms with E-state index in [4.69, 9.17) is 16.7 Å². The van der Waals surface area contributed by atoms with Crippen LogP contribution in [0.4, 0.5) is 14.9 Å². The van der Waals surface area contributed by atoms with Crippen LogP contribution in [0.15, 0.2) is 18.2 Å². The molecule has 0 aromatic heterocycles. The molecule has 110 valence electrons. The lowest BCUT2D eigenvalue weighted by Crippen LogP contribution is -2.34. The molecule has 1 unspecified atom stereocenters. The summed E-state index contributed by atoms with van der Waals surface area (Å²) in [6.45, 7) is 2.03. The molecule has 1 rings (SSSR count). The van der Waals surface area contributed by atoms with E-state index in [9.17, 15) is 14.0 Å². The zero-order valence-corrected chi connectivity index (χ0v) is 11.7. The first-order valence-corrected chi connectivity index (χ1v) is 6.52. The number of carboxylic acid groups (broad SMARTS) is 1. The van der Waals surface area contributed by atoms with Crippen molar-refractivity contribution in [3.05, 3.63) is 29.0 Å². The van der Waals surface area contributed by atoms with Crippen molar-refractivity contribution in [1.82, 2.24) is 5.32 Å². The number of carbonyl (C=O) groups is 2. The molecule has 0 aliphatic rings. The number of benzene rings is 1. The number of carbonyl (C=O) groups excluding carboxylic acids is 1. The summed E-state index contributed by atoms with van der Waals surface area (Å²) in [5, 5.41) is 13.6. The molecule has 1 atom stereocenters. The molecule has 5 nitrogen and oxygen atoms in total. The summed E-state index contributed by atoms with van der Waals surface area (Å²) in [7, 11) is 0. The number of anilines is 1. The summed E-state index contributed by atoms with van der Waals surface area (Å²) < 4.78 is 13.4. The van der Waals surface area contributed by atoms with Gasteiger partial charge in [-0.2, -0.15) is 0 Å². The Kier molecular flexibility index (Phi) is 6.24. The van der Waals surface area contributed by atoms with Crippen molar-refractivity contribution < 1.29 is 19.1 Å². The Morgan fingerprint density at radius 3 is 2.70 bits per heavy atom. The lowest BCUT2D eigenvalue weighted by molar-refractivity contribution is -0.138. The molecule has 7 heteroatoms. The largest absolute Gasteiger partial charge is 0.481 e. The normalized spacial score (nSPS) is 11.8. The van der Waals surface area contributed by atoms with E-state index in [1.54, 1.807) is 0 Å². The van der Waals surface area contributed by atoms with Crippen molar-refractivity contribution in [3.63, 3.8) is 0 Å². The predicted molar refractivity (Wildman–Crippen MR) is 74.5 cm³/mol. The maximum atomic E-state index is 13.4. The van der Waals surface area contributed by atoms with Gasteiger partial charge in [-0.15, -0.1) is 0 Å². The average molecular weight is 303 g/mol. The van der Waals surface area contributed by atoms with Crippen LogP contribution in [0.25, 0.3) is 0 Å². The third-order valence-corrected chi connectivity index (χ3v) is 3.11. The van der Waals surface area contributed by atoms with E-state index in [1.807, 2.05) is 6.92 Å². The van der Waals surface area contributed by atoms with Gasteiger partial charge in [0.15, 0.2) is 0 Å². The summed E-state index contributed by atoms with van der Waals surface area (Å²) in [6.07, 6.45) is 0.588. The highest BCUT2D eigenvalue weighted by atomic mass is 35.5. The fourth-order valence-electron chi connectivity index (χ4n) is 1.62. The number of carboxylic acids is 1. The molecular weight excluding hydrogens is 287 g/mol. The monoisotopic (exact) mass is 302 g/mol. The first-order chi connectivity index (χ1) is 9.43. The minimum atomic E-state index is -0.920. The van der Waals surface area contributed by atoms with Crippen LogP contribution in [0.3, 0.4) is 0 Å². The van der Waals surface area contributed by atoms with Crippen molar-refractivity contribution in [1.29, 1.82) is 0 Å². The van der Waals surface area contributed by atoms with Crippen molar-refractivity contribution in [3.8, 4) is 0 Å². The fraction of sp³-hybridized carbons (Fsp3) is 0.385. The Labute approximate surface area is 121 Å². The molecule has 0 saturated carbocycles. The Balaban J connectivity index is 2.53. The standard InChI is InChI=1S/C13H16ClFN2O3/c1-2-8(6-11(18)19)7-16-13(20)17-12-9(14)4-3-5-10(12)15/h3-5,8H,2,6-7H2,1H3,(H,18,19)(H2,16,17,20). The van der Waals surface area contributed by atoms with Crippen LogP contribution < -0.4 is 10.6 Å². The molecule has 0 heterocycles. The third-order valence-electron chi connectivity index (χ3n) is 2.79. The number of urea groups is 1. The first kappa shape index (κ1) is 16.2. The summed E-state index contributed by atoms with van der Waals surface area (Å²) in [5.41, 5.74) is -0.0991. The number of amides is 2. The fourth-order valence-corrected chi connectivity index (χ4v) is 1.83. The number of hydrogen-bond donors (Lipinski definition) is 3. The second-order valence-electron chi connectivity index (χ2n) is 4.30. The van der Waals surface area contributed by atoms with Crippen molar-refractivity contribution in [2.45, 2.75) is 19.8 Å². The molecule has 1 aromatic carbocycles. The average Bonchev–Trinajstić information content (AvgIpc) is 2.38. The van der Waals surface area contributed by atoms with Gasteiger partial charge < -0.3 is 15.7 Å². The van der Waals surface area contributed by atoms with Crippen LogP contribution in [0.5, 0.6) is 0 Å². The number of para-hydroxylation sites is 1. The van der Waals surface area contributed by atoms with E-state index in [-0.39, 0.29) is 29.6 Å². The van der Waals surface area contributed by atoms with E-state index < -0.39 is 17.8 Å². The van der Waals surface area contributed by atoms with Gasteiger partial charge in [-0.25, -0.2) is 9.18 Å². The van der Waals surface area contributed by atoms with Gasteiger partial charge >= 0.3 is 12.0 Å². The van der Waals surface area contributed by atoms with Gasteiger partial charge in [0.1, 0.15) is 5.82 Å². The molecule has 0 saturated heterocycles. The number of nitrogens with one attached hydrogen (secondary N) is 2. The third kappa shape index (κ3) is 5.05. The Hall–Kier alpha value is -1.82. The minimum absolute atomic E-state index is 0.0305. The highest BCUT2D eigenvalue weighted by molar-refractivity contribution is 6.33. The maximum Gasteiger partial charge on any atom is 0.319 e. The van der Waals surface area contributed by atoms with E-state index >= 15 is 0 Å². The van der Waals surface area contributed by atoms with Gasteiger partial charge in [0.2, 0.25) is 0 Å². The van der Waals surface area contributed by atoms with Crippen LogP contribution in [0.1, 0.15) is 19.8 Å².